The van der Waals surface area contributed by atoms with Crippen molar-refractivity contribution in [3.05, 3.63) is 82.9 Å². The summed E-state index contributed by atoms with van der Waals surface area (Å²) in [5.41, 5.74) is 1.59. The highest BCUT2D eigenvalue weighted by molar-refractivity contribution is 8.18. The van der Waals surface area contributed by atoms with Crippen molar-refractivity contribution in [3.63, 3.8) is 0 Å². The van der Waals surface area contributed by atoms with E-state index in [1.54, 1.807) is 42.5 Å². The first kappa shape index (κ1) is 25.9. The molecule has 2 aliphatic heterocycles. The summed E-state index contributed by atoms with van der Waals surface area (Å²) in [5, 5.41) is 1.83. The van der Waals surface area contributed by atoms with E-state index in [-0.39, 0.29) is 22.9 Å². The minimum atomic E-state index is -3.59. The zero-order chi connectivity index (χ0) is 26.7. The number of hydrogen-bond acceptors (Lipinski definition) is 9. The van der Waals surface area contributed by atoms with Crippen molar-refractivity contribution in [1.29, 1.82) is 0 Å². The molecular weight excluding hydrogens is 524 g/mol. The average molecular weight is 551 g/mol. The summed E-state index contributed by atoms with van der Waals surface area (Å²) in [7, 11) is -1.67. The van der Waals surface area contributed by atoms with Gasteiger partial charge in [0.25, 0.3) is 11.1 Å². The second-order valence-corrected chi connectivity index (χ2v) is 11.8. The molecule has 12 heteroatoms. The summed E-state index contributed by atoms with van der Waals surface area (Å²) >= 11 is 0.828. The molecule has 0 radical (unpaired) electrons. The van der Waals surface area contributed by atoms with Crippen molar-refractivity contribution < 1.29 is 18.0 Å². The number of hydrogen-bond donors (Lipinski definition) is 1. The van der Waals surface area contributed by atoms with Gasteiger partial charge in [-0.1, -0.05) is 48.5 Å². The normalized spacial score (nSPS) is 17.6. The zero-order valence-corrected chi connectivity index (χ0v) is 22.3. The maximum absolute atomic E-state index is 13.0. The van der Waals surface area contributed by atoms with Gasteiger partial charge in [-0.25, -0.2) is 13.4 Å². The lowest BCUT2D eigenvalue weighted by Gasteiger charge is -2.34. The average Bonchev–Trinajstić information content (AvgIpc) is 3.25. The van der Waals surface area contributed by atoms with Gasteiger partial charge in [0.15, 0.2) is 0 Å². The molecule has 10 nitrogen and oxygen atoms in total. The Balaban J connectivity index is 1.40. The number of carbonyl (C=O) groups is 2. The third kappa shape index (κ3) is 5.72. The molecule has 3 aromatic rings. The number of thioether (sulfide) groups is 1. The van der Waals surface area contributed by atoms with E-state index in [0.29, 0.717) is 37.1 Å². The molecule has 2 fully saturated rings. The molecule has 3 heterocycles. The van der Waals surface area contributed by atoms with E-state index in [2.05, 4.69) is 10.3 Å². The number of carbonyl (C=O) groups excluding carboxylic acids is 2. The predicted octanol–water partition coefficient (Wildman–Crippen LogP) is 2.95. The van der Waals surface area contributed by atoms with Crippen LogP contribution in [0.15, 0.2) is 76.5 Å². The van der Waals surface area contributed by atoms with Gasteiger partial charge >= 0.3 is 0 Å². The summed E-state index contributed by atoms with van der Waals surface area (Å²) < 4.78 is 27.6. The summed E-state index contributed by atoms with van der Waals surface area (Å²) in [4.78, 5) is 37.7. The maximum Gasteiger partial charge on any atom is 0.290 e. The SMILES string of the molecule is CN(Cc1ccccc1)c1cc(/C=C2/SC(=O)NC2=O)nc(N2CCN(S(=O)(=O)c3ccccc3)CC2)n1. The minimum Gasteiger partial charge on any atom is -0.355 e. The number of anilines is 2. The summed E-state index contributed by atoms with van der Waals surface area (Å²) in [6.45, 7) is 1.98. The summed E-state index contributed by atoms with van der Waals surface area (Å²) in [6.07, 6.45) is 1.58. The van der Waals surface area contributed by atoms with E-state index in [4.69, 9.17) is 4.98 Å². The van der Waals surface area contributed by atoms with Crippen LogP contribution in [0.5, 0.6) is 0 Å². The van der Waals surface area contributed by atoms with Crippen LogP contribution >= 0.6 is 11.8 Å². The van der Waals surface area contributed by atoms with E-state index >= 15 is 0 Å². The van der Waals surface area contributed by atoms with Crippen LogP contribution < -0.4 is 15.1 Å². The van der Waals surface area contributed by atoms with Gasteiger partial charge in [0.2, 0.25) is 16.0 Å². The molecule has 2 saturated heterocycles. The fourth-order valence-corrected chi connectivity index (χ4v) is 6.32. The van der Waals surface area contributed by atoms with Crippen LogP contribution in [0.2, 0.25) is 0 Å². The first-order valence-corrected chi connectivity index (χ1v) is 14.2. The van der Waals surface area contributed by atoms with E-state index in [9.17, 15) is 18.0 Å². The number of aromatic nitrogens is 2. The Labute approximate surface area is 225 Å². The first-order chi connectivity index (χ1) is 18.3. The van der Waals surface area contributed by atoms with Gasteiger partial charge in [0, 0.05) is 45.8 Å². The zero-order valence-electron chi connectivity index (χ0n) is 20.6. The second kappa shape index (κ2) is 10.9. The molecule has 0 unspecified atom stereocenters. The van der Waals surface area contributed by atoms with Crippen LogP contribution in [-0.4, -0.2) is 67.1 Å². The molecule has 0 saturated carbocycles. The summed E-state index contributed by atoms with van der Waals surface area (Å²) in [6, 6.07) is 20.1. The van der Waals surface area contributed by atoms with Gasteiger partial charge in [0.1, 0.15) is 5.82 Å². The Kier molecular flexibility index (Phi) is 7.45. The predicted molar refractivity (Wildman–Crippen MR) is 147 cm³/mol. The Morgan fingerprint density at radius 3 is 2.26 bits per heavy atom. The minimum absolute atomic E-state index is 0.259. The van der Waals surface area contributed by atoms with E-state index in [1.807, 2.05) is 47.2 Å². The van der Waals surface area contributed by atoms with Crippen molar-refractivity contribution in [2.45, 2.75) is 11.4 Å². The third-order valence-electron chi connectivity index (χ3n) is 6.20. The van der Waals surface area contributed by atoms with Crippen LogP contribution in [0.4, 0.5) is 16.6 Å². The van der Waals surface area contributed by atoms with Crippen molar-refractivity contribution in [2.75, 3.05) is 43.0 Å². The van der Waals surface area contributed by atoms with Crippen molar-refractivity contribution in [1.82, 2.24) is 19.6 Å². The number of nitrogens with one attached hydrogen (secondary N) is 1. The molecule has 0 aliphatic carbocycles. The molecule has 2 aromatic carbocycles. The molecule has 5 rings (SSSR count). The number of sulfonamides is 1. The molecule has 0 spiro atoms. The maximum atomic E-state index is 13.0. The Hall–Kier alpha value is -3.74. The number of benzene rings is 2. The van der Waals surface area contributed by atoms with Crippen molar-refractivity contribution >= 4 is 50.8 Å². The highest BCUT2D eigenvalue weighted by atomic mass is 32.2. The van der Waals surface area contributed by atoms with E-state index < -0.39 is 21.2 Å². The molecule has 2 aliphatic rings. The molecule has 2 amide bonds. The van der Waals surface area contributed by atoms with Gasteiger partial charge in [-0.2, -0.15) is 9.29 Å². The molecule has 0 bridgehead atoms. The van der Waals surface area contributed by atoms with Crippen LogP contribution in [0.3, 0.4) is 0 Å². The smallest absolute Gasteiger partial charge is 0.290 e. The van der Waals surface area contributed by atoms with Gasteiger partial charge < -0.3 is 9.80 Å². The standard InChI is InChI=1S/C26H26N6O4S2/c1-30(18-19-8-4-2-5-9-19)23-17-20(16-22-24(33)29-26(34)37-22)27-25(28-23)31-12-14-32(15-13-31)38(35,36)21-10-6-3-7-11-21/h2-11,16-17H,12-15,18H2,1H3,(H,29,33,34)/b22-16+. The Bertz CT molecular complexity index is 1470. The molecule has 196 valence electrons. The fraction of sp³-hybridized carbons (Fsp3) is 0.231. The van der Waals surface area contributed by atoms with Crippen LogP contribution in [0, 0.1) is 0 Å². The molecule has 38 heavy (non-hydrogen) atoms. The second-order valence-electron chi connectivity index (χ2n) is 8.85. The fourth-order valence-electron chi connectivity index (χ4n) is 4.21. The van der Waals surface area contributed by atoms with Crippen LogP contribution in [0.25, 0.3) is 6.08 Å². The van der Waals surface area contributed by atoms with Crippen molar-refractivity contribution in [3.8, 4) is 0 Å². The monoisotopic (exact) mass is 550 g/mol. The first-order valence-electron chi connectivity index (χ1n) is 12.0. The third-order valence-corrected chi connectivity index (χ3v) is 8.92. The molecule has 1 aromatic heterocycles. The van der Waals surface area contributed by atoms with Gasteiger partial charge in [-0.15, -0.1) is 0 Å². The quantitative estimate of drug-likeness (QED) is 0.443. The number of imide groups is 1. The number of piperazine rings is 1. The number of rotatable bonds is 7. The lowest BCUT2D eigenvalue weighted by atomic mass is 10.2. The van der Waals surface area contributed by atoms with E-state index in [0.717, 1.165) is 17.3 Å². The number of nitrogens with zero attached hydrogens (tertiary/aromatic N) is 5. The van der Waals surface area contributed by atoms with Gasteiger partial charge in [-0.05, 0) is 35.5 Å². The topological polar surface area (TPSA) is 116 Å². The Morgan fingerprint density at radius 2 is 1.63 bits per heavy atom. The lowest BCUT2D eigenvalue weighted by molar-refractivity contribution is -0.115. The Morgan fingerprint density at radius 1 is 0.974 bits per heavy atom. The highest BCUT2D eigenvalue weighted by Gasteiger charge is 2.30. The highest BCUT2D eigenvalue weighted by Crippen LogP contribution is 2.28. The van der Waals surface area contributed by atoms with E-state index in [1.165, 1.54) is 4.31 Å². The molecular formula is C26H26N6O4S2. The summed E-state index contributed by atoms with van der Waals surface area (Å²) in [5.74, 6) is 0.611. The van der Waals surface area contributed by atoms with Crippen LogP contribution in [-0.2, 0) is 21.4 Å². The van der Waals surface area contributed by atoms with Gasteiger partial charge in [-0.3, -0.25) is 14.9 Å². The van der Waals surface area contributed by atoms with Gasteiger partial charge in [0.05, 0.1) is 15.5 Å². The molecule has 1 N–H and O–H groups in total. The molecule has 0 atom stereocenters. The van der Waals surface area contributed by atoms with Crippen molar-refractivity contribution in [2.24, 2.45) is 0 Å². The van der Waals surface area contributed by atoms with Crippen LogP contribution in [0.1, 0.15) is 11.3 Å². The largest absolute Gasteiger partial charge is 0.355 e. The number of amides is 2. The lowest BCUT2D eigenvalue weighted by Crippen LogP contribution is -2.49.